The van der Waals surface area contributed by atoms with Crippen LogP contribution in [-0.4, -0.2) is 27.9 Å². The molecule has 0 bridgehead atoms. The molecule has 1 rings (SSSR count). The fraction of sp³-hybridized carbons (Fsp3) is 0.600. The Kier molecular flexibility index (Phi) is 3.48. The summed E-state index contributed by atoms with van der Waals surface area (Å²) >= 11 is 3.49. The highest BCUT2D eigenvalue weighted by atomic mass is 79.9. The molecule has 0 aromatic carbocycles. The van der Waals surface area contributed by atoms with E-state index in [1.54, 1.807) is 6.20 Å². The number of rotatable bonds is 3. The third-order valence-corrected chi connectivity index (χ3v) is 3.69. The van der Waals surface area contributed by atoms with Crippen LogP contribution in [-0.2, 0) is 0 Å². The number of aryl methyl sites for hydroxylation is 1. The van der Waals surface area contributed by atoms with Crippen LogP contribution in [0, 0.1) is 6.92 Å². The quantitative estimate of drug-likeness (QED) is 0.779. The van der Waals surface area contributed by atoms with Crippen molar-refractivity contribution in [3.63, 3.8) is 0 Å². The van der Waals surface area contributed by atoms with Gasteiger partial charge in [-0.15, -0.1) is 0 Å². The summed E-state index contributed by atoms with van der Waals surface area (Å²) in [7, 11) is 2.01. The van der Waals surface area contributed by atoms with E-state index < -0.39 is 0 Å². The van der Waals surface area contributed by atoms with Gasteiger partial charge in [0.05, 0.1) is 0 Å². The van der Waals surface area contributed by atoms with Crippen molar-refractivity contribution in [2.45, 2.75) is 26.3 Å². The van der Waals surface area contributed by atoms with Crippen LogP contribution in [0.25, 0.3) is 0 Å². The second-order valence-corrected chi connectivity index (χ2v) is 4.56. The molecule has 78 valence electrons. The number of hydrogen-bond donors (Lipinski definition) is 0. The first-order valence-electron chi connectivity index (χ1n) is 4.57. The summed E-state index contributed by atoms with van der Waals surface area (Å²) in [6.45, 7) is 6.26. The van der Waals surface area contributed by atoms with Crippen LogP contribution >= 0.6 is 15.9 Å². The van der Waals surface area contributed by atoms with Gasteiger partial charge in [0.1, 0.15) is 0 Å². The maximum absolute atomic E-state index is 4.38. The van der Waals surface area contributed by atoms with Gasteiger partial charge in [-0.3, -0.25) is 0 Å². The van der Waals surface area contributed by atoms with E-state index in [0.29, 0.717) is 0 Å². The molecule has 0 saturated heterocycles. The third-order valence-electron chi connectivity index (χ3n) is 2.32. The lowest BCUT2D eigenvalue weighted by Crippen LogP contribution is -2.43. The Bertz CT molecular complexity index is 312. The van der Waals surface area contributed by atoms with Crippen molar-refractivity contribution in [3.8, 4) is 0 Å². The molecule has 14 heavy (non-hydrogen) atoms. The number of halogens is 1. The summed E-state index contributed by atoms with van der Waals surface area (Å²) in [6.07, 6.45) is 1.79. The Labute approximate surface area is 93.7 Å². The van der Waals surface area contributed by atoms with Gasteiger partial charge in [-0.2, -0.15) is 0 Å². The van der Waals surface area contributed by atoms with Crippen LogP contribution in [0.5, 0.6) is 0 Å². The van der Waals surface area contributed by atoms with Gasteiger partial charge in [-0.05, 0) is 26.8 Å². The third kappa shape index (κ3) is 2.44. The average molecular weight is 258 g/mol. The molecule has 0 aliphatic heterocycles. The van der Waals surface area contributed by atoms with Crippen molar-refractivity contribution in [3.05, 3.63) is 18.0 Å². The monoisotopic (exact) mass is 257 g/mol. The highest BCUT2D eigenvalue weighted by molar-refractivity contribution is 9.09. The second-order valence-electron chi connectivity index (χ2n) is 4.00. The first kappa shape index (κ1) is 11.4. The van der Waals surface area contributed by atoms with Crippen LogP contribution in [0.3, 0.4) is 0 Å². The largest absolute Gasteiger partial charge is 0.338 e. The Hall–Kier alpha value is -0.640. The lowest BCUT2D eigenvalue weighted by Gasteiger charge is -2.34. The van der Waals surface area contributed by atoms with Crippen molar-refractivity contribution in [2.75, 3.05) is 17.3 Å². The number of alkyl halides is 1. The molecular weight excluding hydrogens is 242 g/mol. The molecule has 0 N–H and O–H groups in total. The molecule has 0 atom stereocenters. The molecule has 3 nitrogen and oxygen atoms in total. The number of anilines is 1. The van der Waals surface area contributed by atoms with E-state index >= 15 is 0 Å². The predicted molar refractivity (Wildman–Crippen MR) is 63.0 cm³/mol. The maximum atomic E-state index is 4.38. The summed E-state index contributed by atoms with van der Waals surface area (Å²) in [4.78, 5) is 10.7. The fourth-order valence-electron chi connectivity index (χ4n) is 0.958. The van der Waals surface area contributed by atoms with Gasteiger partial charge in [0.25, 0.3) is 0 Å². The number of nitrogens with zero attached hydrogens (tertiary/aromatic N) is 3. The summed E-state index contributed by atoms with van der Waals surface area (Å²) in [6, 6.07) is 1.90. The standard InChI is InChI=1S/C10H16BrN3/c1-8-5-6-12-9(13-8)14(4)10(2,3)7-11/h5-6H,7H2,1-4H3. The Morgan fingerprint density at radius 1 is 1.50 bits per heavy atom. The van der Waals surface area contributed by atoms with E-state index in [1.807, 2.05) is 20.0 Å². The highest BCUT2D eigenvalue weighted by Crippen LogP contribution is 2.19. The van der Waals surface area contributed by atoms with Crippen molar-refractivity contribution >= 4 is 21.9 Å². The summed E-state index contributed by atoms with van der Waals surface area (Å²) in [5, 5.41) is 0.883. The molecular formula is C10H16BrN3. The summed E-state index contributed by atoms with van der Waals surface area (Å²) in [5.74, 6) is 0.773. The van der Waals surface area contributed by atoms with E-state index in [0.717, 1.165) is 17.0 Å². The first-order valence-corrected chi connectivity index (χ1v) is 5.69. The Morgan fingerprint density at radius 3 is 2.64 bits per heavy atom. The van der Waals surface area contributed by atoms with Gasteiger partial charge in [-0.25, -0.2) is 9.97 Å². The van der Waals surface area contributed by atoms with Crippen molar-refractivity contribution in [2.24, 2.45) is 0 Å². The molecule has 0 aliphatic carbocycles. The number of aromatic nitrogens is 2. The topological polar surface area (TPSA) is 29.0 Å². The molecule has 0 amide bonds. The summed E-state index contributed by atoms with van der Waals surface area (Å²) < 4.78 is 0. The van der Waals surface area contributed by atoms with Crippen molar-refractivity contribution < 1.29 is 0 Å². The van der Waals surface area contributed by atoms with E-state index in [9.17, 15) is 0 Å². The predicted octanol–water partition coefficient (Wildman–Crippen LogP) is 2.39. The van der Waals surface area contributed by atoms with Crippen LogP contribution < -0.4 is 4.90 Å². The molecule has 4 heteroatoms. The normalized spacial score (nSPS) is 11.5. The van der Waals surface area contributed by atoms with Gasteiger partial charge < -0.3 is 4.90 Å². The average Bonchev–Trinajstić information content (AvgIpc) is 2.16. The molecule has 0 unspecified atom stereocenters. The van der Waals surface area contributed by atoms with Crippen molar-refractivity contribution in [1.29, 1.82) is 0 Å². The van der Waals surface area contributed by atoms with E-state index in [4.69, 9.17) is 0 Å². The highest BCUT2D eigenvalue weighted by Gasteiger charge is 2.23. The molecule has 0 aliphatic rings. The second kappa shape index (κ2) is 4.26. The minimum Gasteiger partial charge on any atom is -0.338 e. The maximum Gasteiger partial charge on any atom is 0.225 e. The molecule has 1 heterocycles. The van der Waals surface area contributed by atoms with E-state index in [1.165, 1.54) is 0 Å². The zero-order chi connectivity index (χ0) is 10.8. The van der Waals surface area contributed by atoms with Gasteiger partial charge >= 0.3 is 0 Å². The number of hydrogen-bond acceptors (Lipinski definition) is 3. The van der Waals surface area contributed by atoms with Gasteiger partial charge in [0.2, 0.25) is 5.95 Å². The smallest absolute Gasteiger partial charge is 0.225 e. The molecule has 1 aromatic rings. The minimum absolute atomic E-state index is 0.0216. The molecule has 1 aromatic heterocycles. The fourth-order valence-corrected chi connectivity index (χ4v) is 1.33. The van der Waals surface area contributed by atoms with Crippen LogP contribution in [0.15, 0.2) is 12.3 Å². The van der Waals surface area contributed by atoms with Crippen molar-refractivity contribution in [1.82, 2.24) is 9.97 Å². The zero-order valence-corrected chi connectivity index (χ0v) is 10.7. The Balaban J connectivity index is 2.94. The van der Waals surface area contributed by atoms with Crippen LogP contribution in [0.1, 0.15) is 19.5 Å². The molecule has 0 radical (unpaired) electrons. The molecule has 0 saturated carbocycles. The minimum atomic E-state index is 0.0216. The van der Waals surface area contributed by atoms with Gasteiger partial charge in [0.15, 0.2) is 0 Å². The van der Waals surface area contributed by atoms with E-state index in [-0.39, 0.29) is 5.54 Å². The first-order chi connectivity index (χ1) is 6.47. The van der Waals surface area contributed by atoms with Crippen LogP contribution in [0.4, 0.5) is 5.95 Å². The van der Waals surface area contributed by atoms with Crippen LogP contribution in [0.2, 0.25) is 0 Å². The molecule has 0 spiro atoms. The lowest BCUT2D eigenvalue weighted by atomic mass is 10.1. The Morgan fingerprint density at radius 2 is 2.14 bits per heavy atom. The SMILES string of the molecule is Cc1ccnc(N(C)C(C)(C)CBr)n1. The van der Waals surface area contributed by atoms with Gasteiger partial charge in [0, 0.05) is 29.8 Å². The molecule has 0 fully saturated rings. The summed E-state index contributed by atoms with van der Waals surface area (Å²) in [5.41, 5.74) is 1.01. The van der Waals surface area contributed by atoms with E-state index in [2.05, 4.69) is 44.6 Å². The zero-order valence-electron chi connectivity index (χ0n) is 9.08. The van der Waals surface area contributed by atoms with Gasteiger partial charge in [-0.1, -0.05) is 15.9 Å². The lowest BCUT2D eigenvalue weighted by molar-refractivity contribution is 0.540.